The zero-order chi connectivity index (χ0) is 27.2. The largest absolute Gasteiger partial charge is 0.490 e. The third kappa shape index (κ3) is 6.21. The van der Waals surface area contributed by atoms with E-state index >= 15 is 8.78 Å². The molecule has 1 fully saturated rings. The number of rotatable bonds is 10. The predicted molar refractivity (Wildman–Crippen MR) is 139 cm³/mol. The van der Waals surface area contributed by atoms with Gasteiger partial charge in [0.1, 0.15) is 0 Å². The van der Waals surface area contributed by atoms with Crippen molar-refractivity contribution in [1.82, 2.24) is 0 Å². The van der Waals surface area contributed by atoms with Crippen molar-refractivity contribution in [3.8, 4) is 22.6 Å². The molecule has 3 nitrogen and oxygen atoms in total. The first kappa shape index (κ1) is 27.7. The molecule has 0 saturated heterocycles. The van der Waals surface area contributed by atoms with Gasteiger partial charge in [-0.2, -0.15) is 8.78 Å². The first-order valence-corrected chi connectivity index (χ1v) is 12.9. The van der Waals surface area contributed by atoms with Gasteiger partial charge in [-0.25, -0.2) is 8.78 Å². The van der Waals surface area contributed by atoms with Crippen molar-refractivity contribution in [3.05, 3.63) is 95.6 Å². The van der Waals surface area contributed by atoms with E-state index in [0.717, 1.165) is 0 Å². The second kappa shape index (κ2) is 12.5. The number of aliphatic hydroxyl groups is 1. The van der Waals surface area contributed by atoms with Gasteiger partial charge in [0, 0.05) is 5.56 Å². The summed E-state index contributed by atoms with van der Waals surface area (Å²) in [4.78, 5) is 0. The summed E-state index contributed by atoms with van der Waals surface area (Å²) in [7, 11) is 0. The van der Waals surface area contributed by atoms with Gasteiger partial charge in [-0.15, -0.1) is 6.58 Å². The highest BCUT2D eigenvalue weighted by atomic mass is 19.2. The van der Waals surface area contributed by atoms with Gasteiger partial charge in [0.2, 0.25) is 11.6 Å². The summed E-state index contributed by atoms with van der Waals surface area (Å²) in [6.45, 7) is 5.61. The normalized spacial score (nSPS) is 18.2. The van der Waals surface area contributed by atoms with E-state index in [1.54, 1.807) is 49.4 Å². The Morgan fingerprint density at radius 1 is 0.842 bits per heavy atom. The maximum Gasteiger partial charge on any atom is 0.204 e. The highest BCUT2D eigenvalue weighted by Gasteiger charge is 2.27. The molecule has 1 aliphatic carbocycles. The van der Waals surface area contributed by atoms with E-state index in [0.29, 0.717) is 48.8 Å². The van der Waals surface area contributed by atoms with E-state index in [9.17, 15) is 13.9 Å². The molecule has 1 aliphatic rings. The number of hydrogen-bond acceptors (Lipinski definition) is 3. The van der Waals surface area contributed by atoms with Crippen LogP contribution in [0, 0.1) is 29.2 Å². The number of hydrogen-bond donors (Lipinski definition) is 1. The molecular formula is C31H32F4O3. The number of benzene rings is 3. The van der Waals surface area contributed by atoms with Crippen LogP contribution in [0.5, 0.6) is 11.5 Å². The lowest BCUT2D eigenvalue weighted by Crippen LogP contribution is -2.20. The van der Waals surface area contributed by atoms with Crippen molar-refractivity contribution in [3.63, 3.8) is 0 Å². The molecule has 1 N–H and O–H groups in total. The highest BCUT2D eigenvalue weighted by molar-refractivity contribution is 5.65. The maximum absolute atomic E-state index is 15.1. The van der Waals surface area contributed by atoms with Crippen LogP contribution in [0.25, 0.3) is 11.1 Å². The Bertz CT molecular complexity index is 1250. The molecule has 0 heterocycles. The summed E-state index contributed by atoms with van der Waals surface area (Å²) < 4.78 is 69.6. The second-order valence-electron chi connectivity index (χ2n) is 9.77. The van der Waals surface area contributed by atoms with Crippen LogP contribution in [0.15, 0.2) is 61.2 Å². The van der Waals surface area contributed by atoms with Crippen LogP contribution in [0.3, 0.4) is 0 Å². The first-order valence-electron chi connectivity index (χ1n) is 12.9. The number of aliphatic hydroxyl groups excluding tert-OH is 1. The van der Waals surface area contributed by atoms with Crippen LogP contribution < -0.4 is 9.47 Å². The molecule has 7 heteroatoms. The maximum atomic E-state index is 15.1. The molecule has 3 aromatic carbocycles. The summed E-state index contributed by atoms with van der Waals surface area (Å²) in [5.74, 6) is -4.28. The molecule has 1 saturated carbocycles. The van der Waals surface area contributed by atoms with E-state index < -0.39 is 29.4 Å². The summed E-state index contributed by atoms with van der Waals surface area (Å²) in [5, 5.41) is 9.66. The lowest BCUT2D eigenvalue weighted by molar-refractivity contribution is 0.190. The van der Waals surface area contributed by atoms with Crippen LogP contribution in [0.1, 0.15) is 62.2 Å². The van der Waals surface area contributed by atoms with Crippen molar-refractivity contribution in [2.75, 3.05) is 13.2 Å². The zero-order valence-corrected chi connectivity index (χ0v) is 21.4. The van der Waals surface area contributed by atoms with Gasteiger partial charge in [0.15, 0.2) is 23.1 Å². The van der Waals surface area contributed by atoms with Gasteiger partial charge in [0.25, 0.3) is 0 Å². The summed E-state index contributed by atoms with van der Waals surface area (Å²) in [6, 6.07) is 12.7. The molecule has 4 rings (SSSR count). The van der Waals surface area contributed by atoms with E-state index in [1.165, 1.54) is 12.1 Å². The lowest BCUT2D eigenvalue weighted by Gasteiger charge is -2.29. The van der Waals surface area contributed by atoms with E-state index in [1.807, 2.05) is 0 Å². The SMILES string of the molecule is C=CCCOc1ccc(OCC2CCC(c3ccc(-c4ccc(C(C)O)cc4)c(F)c3F)CC2)c(F)c1F. The van der Waals surface area contributed by atoms with Gasteiger partial charge in [-0.3, -0.25) is 0 Å². The van der Waals surface area contributed by atoms with Crippen molar-refractivity contribution in [2.24, 2.45) is 5.92 Å². The number of halogens is 4. The third-order valence-electron chi connectivity index (χ3n) is 7.17. The Hall–Kier alpha value is -3.32. The highest BCUT2D eigenvalue weighted by Crippen LogP contribution is 2.39. The summed E-state index contributed by atoms with van der Waals surface area (Å²) >= 11 is 0. The van der Waals surface area contributed by atoms with Crippen LogP contribution in [0.2, 0.25) is 0 Å². The predicted octanol–water partition coefficient (Wildman–Crippen LogP) is 8.27. The molecule has 38 heavy (non-hydrogen) atoms. The molecule has 1 atom stereocenters. The zero-order valence-electron chi connectivity index (χ0n) is 21.4. The van der Waals surface area contributed by atoms with Crippen LogP contribution in [-0.2, 0) is 0 Å². The summed E-state index contributed by atoms with van der Waals surface area (Å²) in [6.07, 6.45) is 4.17. The molecule has 202 valence electrons. The fourth-order valence-electron chi connectivity index (χ4n) is 4.88. The fraction of sp³-hybridized carbons (Fsp3) is 0.355. The van der Waals surface area contributed by atoms with Crippen molar-refractivity contribution < 1.29 is 32.1 Å². The minimum Gasteiger partial charge on any atom is -0.490 e. The molecular weight excluding hydrogens is 496 g/mol. The molecule has 3 aromatic rings. The smallest absolute Gasteiger partial charge is 0.204 e. The minimum atomic E-state index is -1.09. The molecule has 0 spiro atoms. The van der Waals surface area contributed by atoms with Crippen molar-refractivity contribution in [2.45, 2.75) is 51.0 Å². The standard InChI is InChI=1S/C31H32F4O3/c1-3-4-17-37-26-15-16-27(31(35)30(26)34)38-18-20-5-7-22(8-6-20)24-13-14-25(29(33)28(24)32)23-11-9-21(10-12-23)19(2)36/h3,9-16,19-20,22,36H,1,4-8,17-18H2,2H3. The summed E-state index contributed by atoms with van der Waals surface area (Å²) in [5.41, 5.74) is 1.77. The quantitative estimate of drug-likeness (QED) is 0.164. The first-order chi connectivity index (χ1) is 18.3. The Morgan fingerprint density at radius 2 is 1.47 bits per heavy atom. The van der Waals surface area contributed by atoms with Crippen LogP contribution in [0.4, 0.5) is 17.6 Å². The van der Waals surface area contributed by atoms with Crippen molar-refractivity contribution >= 4 is 0 Å². The van der Waals surface area contributed by atoms with Gasteiger partial charge in [-0.05, 0) is 79.7 Å². The topological polar surface area (TPSA) is 38.7 Å². The van der Waals surface area contributed by atoms with Gasteiger partial charge < -0.3 is 14.6 Å². The lowest BCUT2D eigenvalue weighted by atomic mass is 9.78. The second-order valence-corrected chi connectivity index (χ2v) is 9.77. The Kier molecular flexibility index (Phi) is 9.10. The number of ether oxygens (including phenoxy) is 2. The molecule has 0 amide bonds. The fourth-order valence-corrected chi connectivity index (χ4v) is 4.88. The van der Waals surface area contributed by atoms with E-state index in [-0.39, 0.29) is 42.1 Å². The van der Waals surface area contributed by atoms with E-state index in [2.05, 4.69) is 6.58 Å². The Morgan fingerprint density at radius 3 is 2.08 bits per heavy atom. The molecule has 0 aromatic heterocycles. The average Bonchev–Trinajstić information content (AvgIpc) is 2.92. The van der Waals surface area contributed by atoms with Crippen molar-refractivity contribution in [1.29, 1.82) is 0 Å². The Balaban J connectivity index is 1.34. The third-order valence-corrected chi connectivity index (χ3v) is 7.17. The molecule has 0 aliphatic heterocycles. The van der Waals surface area contributed by atoms with Gasteiger partial charge in [0.05, 0.1) is 19.3 Å². The van der Waals surface area contributed by atoms with Crippen LogP contribution >= 0.6 is 0 Å². The van der Waals surface area contributed by atoms with Gasteiger partial charge in [-0.1, -0.05) is 42.5 Å². The molecule has 0 radical (unpaired) electrons. The van der Waals surface area contributed by atoms with E-state index in [4.69, 9.17) is 9.47 Å². The Labute approximate surface area is 220 Å². The monoisotopic (exact) mass is 528 g/mol. The molecule has 0 bridgehead atoms. The van der Waals surface area contributed by atoms with Crippen LogP contribution in [-0.4, -0.2) is 18.3 Å². The van der Waals surface area contributed by atoms with Gasteiger partial charge >= 0.3 is 0 Å². The minimum absolute atomic E-state index is 0.0943. The average molecular weight is 529 g/mol. The molecule has 1 unspecified atom stereocenters.